The zero-order valence-corrected chi connectivity index (χ0v) is 10.2. The Morgan fingerprint density at radius 1 is 1.38 bits per heavy atom. The van der Waals surface area contributed by atoms with Crippen molar-refractivity contribution in [1.29, 1.82) is 0 Å². The maximum Gasteiger partial charge on any atom is 0.157 e. The van der Waals surface area contributed by atoms with Gasteiger partial charge in [-0.1, -0.05) is 30.7 Å². The normalized spacial score (nSPS) is 23.4. The molecule has 1 aliphatic carbocycles. The van der Waals surface area contributed by atoms with Gasteiger partial charge in [-0.15, -0.1) is 0 Å². The average Bonchev–Trinajstić information content (AvgIpc) is 2.81. The monoisotopic (exact) mass is 222 g/mol. The van der Waals surface area contributed by atoms with Crippen LogP contribution in [0.25, 0.3) is 0 Å². The van der Waals surface area contributed by atoms with Crippen LogP contribution >= 0.6 is 0 Å². The fraction of sp³-hybridized carbons (Fsp3) is 0.714. The van der Waals surface area contributed by atoms with Crippen molar-refractivity contribution in [3.63, 3.8) is 0 Å². The van der Waals surface area contributed by atoms with E-state index in [2.05, 4.69) is 25.2 Å². The molecule has 1 fully saturated rings. The minimum atomic E-state index is 0.0619. The molecule has 1 saturated heterocycles. The van der Waals surface area contributed by atoms with Crippen molar-refractivity contribution in [3.8, 4) is 0 Å². The van der Waals surface area contributed by atoms with Gasteiger partial charge in [-0.3, -0.25) is 0 Å². The molecule has 2 heteroatoms. The highest BCUT2D eigenvalue weighted by atomic mass is 16.7. The largest absolute Gasteiger partial charge is 0.353 e. The van der Waals surface area contributed by atoms with Gasteiger partial charge in [0.25, 0.3) is 0 Å². The van der Waals surface area contributed by atoms with E-state index in [-0.39, 0.29) is 6.29 Å². The third-order valence-corrected chi connectivity index (χ3v) is 3.25. The molecule has 0 amide bonds. The molecule has 2 nitrogen and oxygen atoms in total. The second-order valence-electron chi connectivity index (χ2n) is 4.87. The zero-order chi connectivity index (χ0) is 11.2. The molecule has 90 valence electrons. The van der Waals surface area contributed by atoms with Gasteiger partial charge in [0.15, 0.2) is 6.29 Å². The summed E-state index contributed by atoms with van der Waals surface area (Å²) in [5, 5.41) is 0. The Labute approximate surface area is 98.3 Å². The van der Waals surface area contributed by atoms with E-state index in [9.17, 15) is 0 Å². The van der Waals surface area contributed by atoms with Crippen LogP contribution in [0.1, 0.15) is 39.0 Å². The van der Waals surface area contributed by atoms with Gasteiger partial charge >= 0.3 is 0 Å². The fourth-order valence-electron chi connectivity index (χ4n) is 2.32. The van der Waals surface area contributed by atoms with Gasteiger partial charge in [-0.05, 0) is 38.0 Å². The SMILES string of the molecule is CC(CCC1OCCCO1)CC1=CC=CC1. The van der Waals surface area contributed by atoms with E-state index >= 15 is 0 Å². The molecule has 0 aromatic carbocycles. The fourth-order valence-corrected chi connectivity index (χ4v) is 2.32. The van der Waals surface area contributed by atoms with Gasteiger partial charge in [0.1, 0.15) is 0 Å². The van der Waals surface area contributed by atoms with Gasteiger partial charge in [-0.25, -0.2) is 0 Å². The van der Waals surface area contributed by atoms with Crippen LogP contribution in [0.4, 0.5) is 0 Å². The van der Waals surface area contributed by atoms with E-state index in [1.807, 2.05) is 0 Å². The summed E-state index contributed by atoms with van der Waals surface area (Å²) in [5.41, 5.74) is 1.57. The summed E-state index contributed by atoms with van der Waals surface area (Å²) in [7, 11) is 0. The van der Waals surface area contributed by atoms with Crippen molar-refractivity contribution in [2.45, 2.75) is 45.3 Å². The van der Waals surface area contributed by atoms with Gasteiger partial charge in [0, 0.05) is 0 Å². The Kier molecular flexibility index (Phi) is 4.61. The molecule has 0 saturated carbocycles. The lowest BCUT2D eigenvalue weighted by molar-refractivity contribution is -0.182. The lowest BCUT2D eigenvalue weighted by Crippen LogP contribution is -2.25. The van der Waals surface area contributed by atoms with Gasteiger partial charge < -0.3 is 9.47 Å². The molecule has 1 unspecified atom stereocenters. The van der Waals surface area contributed by atoms with Crippen LogP contribution < -0.4 is 0 Å². The van der Waals surface area contributed by atoms with Crippen LogP contribution in [-0.2, 0) is 9.47 Å². The Bertz CT molecular complexity index is 262. The minimum Gasteiger partial charge on any atom is -0.353 e. The lowest BCUT2D eigenvalue weighted by atomic mass is 9.96. The van der Waals surface area contributed by atoms with Gasteiger partial charge in [0.2, 0.25) is 0 Å². The molecule has 0 spiro atoms. The minimum absolute atomic E-state index is 0.0619. The first kappa shape index (κ1) is 11.9. The number of hydrogen-bond acceptors (Lipinski definition) is 2. The first-order valence-corrected chi connectivity index (χ1v) is 6.42. The number of hydrogen-bond donors (Lipinski definition) is 0. The molecule has 1 aliphatic heterocycles. The van der Waals surface area contributed by atoms with Crippen molar-refractivity contribution in [2.24, 2.45) is 5.92 Å². The average molecular weight is 222 g/mol. The molecule has 1 atom stereocenters. The predicted octanol–water partition coefficient (Wildman–Crippen LogP) is 3.44. The Morgan fingerprint density at radius 2 is 2.19 bits per heavy atom. The highest BCUT2D eigenvalue weighted by molar-refractivity contribution is 5.22. The summed E-state index contributed by atoms with van der Waals surface area (Å²) < 4.78 is 11.1. The van der Waals surface area contributed by atoms with Crippen molar-refractivity contribution >= 4 is 0 Å². The summed E-state index contributed by atoms with van der Waals surface area (Å²) in [5.74, 6) is 0.736. The summed E-state index contributed by atoms with van der Waals surface area (Å²) in [6.45, 7) is 4.06. The zero-order valence-electron chi connectivity index (χ0n) is 10.2. The lowest BCUT2D eigenvalue weighted by Gasteiger charge is -2.24. The standard InChI is InChI=1S/C14H22O2/c1-12(11-13-5-2-3-6-13)7-8-14-15-9-4-10-16-14/h2-3,5,12,14H,4,6-11H2,1H3. The van der Waals surface area contributed by atoms with Crippen LogP contribution in [0.5, 0.6) is 0 Å². The maximum atomic E-state index is 5.55. The number of allylic oxidation sites excluding steroid dienone is 4. The molecule has 2 aliphatic rings. The van der Waals surface area contributed by atoms with Crippen molar-refractivity contribution in [1.82, 2.24) is 0 Å². The molecule has 0 bridgehead atoms. The van der Waals surface area contributed by atoms with Crippen LogP contribution in [0.2, 0.25) is 0 Å². The molecule has 2 rings (SSSR count). The summed E-state index contributed by atoms with van der Waals surface area (Å²) in [6, 6.07) is 0. The van der Waals surface area contributed by atoms with Crippen LogP contribution in [0.15, 0.2) is 23.8 Å². The van der Waals surface area contributed by atoms with Crippen LogP contribution in [0, 0.1) is 5.92 Å². The summed E-state index contributed by atoms with van der Waals surface area (Å²) >= 11 is 0. The Morgan fingerprint density at radius 3 is 2.88 bits per heavy atom. The van der Waals surface area contributed by atoms with E-state index in [4.69, 9.17) is 9.47 Å². The molecule has 0 radical (unpaired) electrons. The van der Waals surface area contributed by atoms with Crippen molar-refractivity contribution < 1.29 is 9.47 Å². The van der Waals surface area contributed by atoms with E-state index in [0.717, 1.165) is 38.4 Å². The van der Waals surface area contributed by atoms with Crippen molar-refractivity contribution in [2.75, 3.05) is 13.2 Å². The van der Waals surface area contributed by atoms with E-state index in [1.54, 1.807) is 5.57 Å². The second-order valence-corrected chi connectivity index (χ2v) is 4.87. The molecule has 0 aromatic rings. The predicted molar refractivity (Wildman–Crippen MR) is 65.2 cm³/mol. The maximum absolute atomic E-state index is 5.55. The quantitative estimate of drug-likeness (QED) is 0.709. The molecule has 0 N–H and O–H groups in total. The van der Waals surface area contributed by atoms with Gasteiger partial charge in [-0.2, -0.15) is 0 Å². The highest BCUT2D eigenvalue weighted by Gasteiger charge is 2.16. The first-order valence-electron chi connectivity index (χ1n) is 6.42. The Balaban J connectivity index is 1.61. The van der Waals surface area contributed by atoms with Crippen LogP contribution in [0.3, 0.4) is 0 Å². The third kappa shape index (κ3) is 3.76. The van der Waals surface area contributed by atoms with E-state index in [0.29, 0.717) is 0 Å². The summed E-state index contributed by atoms with van der Waals surface area (Å²) in [4.78, 5) is 0. The third-order valence-electron chi connectivity index (χ3n) is 3.25. The molecular formula is C14H22O2. The topological polar surface area (TPSA) is 18.5 Å². The van der Waals surface area contributed by atoms with E-state index in [1.165, 1.54) is 12.8 Å². The highest BCUT2D eigenvalue weighted by Crippen LogP contribution is 2.24. The molecule has 1 heterocycles. The number of rotatable bonds is 5. The van der Waals surface area contributed by atoms with Gasteiger partial charge in [0.05, 0.1) is 13.2 Å². The van der Waals surface area contributed by atoms with Crippen LogP contribution in [-0.4, -0.2) is 19.5 Å². The summed E-state index contributed by atoms with van der Waals surface area (Å²) in [6.07, 6.45) is 12.4. The van der Waals surface area contributed by atoms with Crippen molar-refractivity contribution in [3.05, 3.63) is 23.8 Å². The molecule has 0 aromatic heterocycles. The molecular weight excluding hydrogens is 200 g/mol. The smallest absolute Gasteiger partial charge is 0.157 e. The first-order chi connectivity index (χ1) is 7.84. The Hall–Kier alpha value is -0.600. The second kappa shape index (κ2) is 6.21. The number of ether oxygens (including phenoxy) is 2. The molecule has 16 heavy (non-hydrogen) atoms. The van der Waals surface area contributed by atoms with E-state index < -0.39 is 0 Å².